The third-order valence-electron chi connectivity index (χ3n) is 3.24. The van der Waals surface area contributed by atoms with Crippen molar-refractivity contribution in [3.05, 3.63) is 46.6 Å². The third-order valence-corrected chi connectivity index (χ3v) is 3.89. The average molecular weight is 304 g/mol. The van der Waals surface area contributed by atoms with Crippen molar-refractivity contribution in [1.29, 1.82) is 0 Å². The van der Waals surface area contributed by atoms with Crippen LogP contribution < -0.4 is 0 Å². The number of nitrogens with zero attached hydrogens (tertiary/aromatic N) is 1. The molecule has 1 aromatic heterocycles. The Bertz CT molecular complexity index is 789. The molecule has 0 amide bonds. The highest BCUT2D eigenvalue weighted by atomic mass is 79.9. The molecule has 0 unspecified atom stereocenters. The van der Waals surface area contributed by atoms with Gasteiger partial charge in [-0.3, -0.25) is 0 Å². The predicted octanol–water partition coefficient (Wildman–Crippen LogP) is 3.79. The molecule has 90 valence electrons. The van der Waals surface area contributed by atoms with E-state index in [9.17, 15) is 9.90 Å². The van der Waals surface area contributed by atoms with E-state index in [4.69, 9.17) is 0 Å². The Balaban J connectivity index is 2.56. The zero-order chi connectivity index (χ0) is 12.9. The second kappa shape index (κ2) is 3.85. The fourth-order valence-corrected chi connectivity index (χ4v) is 2.90. The lowest BCUT2D eigenvalue weighted by molar-refractivity contribution is 0.0687. The summed E-state index contributed by atoms with van der Waals surface area (Å²) in [4.78, 5) is 11.2. The Kier molecular flexibility index (Phi) is 2.41. The van der Waals surface area contributed by atoms with Crippen molar-refractivity contribution in [1.82, 2.24) is 4.57 Å². The first-order valence-corrected chi connectivity index (χ1v) is 6.29. The second-order valence-corrected chi connectivity index (χ2v) is 5.08. The zero-order valence-electron chi connectivity index (χ0n) is 9.64. The molecular formula is C14H10BrNO2. The van der Waals surface area contributed by atoms with Gasteiger partial charge in [-0.05, 0) is 22.9 Å². The van der Waals surface area contributed by atoms with Gasteiger partial charge in [0.25, 0.3) is 0 Å². The van der Waals surface area contributed by atoms with E-state index < -0.39 is 5.97 Å². The van der Waals surface area contributed by atoms with Crippen LogP contribution >= 0.6 is 15.9 Å². The molecule has 4 heteroatoms. The standard InChI is InChI=1S/C14H10BrNO2/c1-16-12-7-11(15)9-5-3-2-4-8(9)10(12)6-13(16)14(17)18/h2-7H,1H3,(H,17,18). The number of carboxylic acids is 1. The molecule has 0 spiro atoms. The number of aromatic nitrogens is 1. The summed E-state index contributed by atoms with van der Waals surface area (Å²) >= 11 is 3.54. The molecule has 0 saturated carbocycles. The van der Waals surface area contributed by atoms with Crippen LogP contribution in [0.2, 0.25) is 0 Å². The summed E-state index contributed by atoms with van der Waals surface area (Å²) in [6, 6.07) is 11.7. The van der Waals surface area contributed by atoms with Gasteiger partial charge >= 0.3 is 5.97 Å². The molecule has 3 aromatic rings. The number of fused-ring (bicyclic) bond motifs is 3. The van der Waals surface area contributed by atoms with Crippen molar-refractivity contribution in [3.8, 4) is 0 Å². The van der Waals surface area contributed by atoms with E-state index in [1.54, 1.807) is 17.7 Å². The summed E-state index contributed by atoms with van der Waals surface area (Å²) in [5.41, 5.74) is 1.21. The molecule has 1 N–H and O–H groups in total. The lowest BCUT2D eigenvalue weighted by atomic mass is 10.1. The summed E-state index contributed by atoms with van der Waals surface area (Å²) in [6.07, 6.45) is 0. The number of aryl methyl sites for hydroxylation is 1. The van der Waals surface area contributed by atoms with Gasteiger partial charge in [-0.25, -0.2) is 4.79 Å². The van der Waals surface area contributed by atoms with E-state index >= 15 is 0 Å². The minimum absolute atomic E-state index is 0.299. The van der Waals surface area contributed by atoms with E-state index in [0.29, 0.717) is 5.69 Å². The quantitative estimate of drug-likeness (QED) is 0.743. The van der Waals surface area contributed by atoms with Gasteiger partial charge in [-0.2, -0.15) is 0 Å². The van der Waals surface area contributed by atoms with Gasteiger partial charge in [-0.1, -0.05) is 40.2 Å². The van der Waals surface area contributed by atoms with Crippen LogP contribution in [0.25, 0.3) is 21.7 Å². The molecule has 0 radical (unpaired) electrons. The van der Waals surface area contributed by atoms with Gasteiger partial charge in [0.15, 0.2) is 0 Å². The first-order valence-electron chi connectivity index (χ1n) is 5.49. The van der Waals surface area contributed by atoms with Crippen LogP contribution in [-0.2, 0) is 7.05 Å². The van der Waals surface area contributed by atoms with E-state index in [0.717, 1.165) is 26.1 Å². The average Bonchev–Trinajstić information content (AvgIpc) is 2.68. The van der Waals surface area contributed by atoms with Gasteiger partial charge in [0.2, 0.25) is 0 Å². The van der Waals surface area contributed by atoms with Gasteiger partial charge < -0.3 is 9.67 Å². The van der Waals surface area contributed by atoms with Crippen LogP contribution in [0.1, 0.15) is 10.5 Å². The first-order chi connectivity index (χ1) is 8.59. The number of rotatable bonds is 1. The van der Waals surface area contributed by atoms with Crippen molar-refractivity contribution in [2.75, 3.05) is 0 Å². The predicted molar refractivity (Wildman–Crippen MR) is 75.1 cm³/mol. The second-order valence-electron chi connectivity index (χ2n) is 4.23. The highest BCUT2D eigenvalue weighted by molar-refractivity contribution is 9.10. The molecule has 0 aliphatic carbocycles. The number of carbonyl (C=O) groups is 1. The van der Waals surface area contributed by atoms with E-state index in [-0.39, 0.29) is 0 Å². The lowest BCUT2D eigenvalue weighted by Crippen LogP contribution is -2.03. The Morgan fingerprint density at radius 3 is 2.50 bits per heavy atom. The molecule has 0 aliphatic heterocycles. The molecule has 0 aliphatic rings. The van der Waals surface area contributed by atoms with E-state index in [1.807, 2.05) is 30.3 Å². The number of hydrogen-bond donors (Lipinski definition) is 1. The summed E-state index contributed by atoms with van der Waals surface area (Å²) in [6.45, 7) is 0. The fourth-order valence-electron chi connectivity index (χ4n) is 2.34. The van der Waals surface area contributed by atoms with E-state index in [2.05, 4.69) is 15.9 Å². The monoisotopic (exact) mass is 303 g/mol. The molecule has 2 aromatic carbocycles. The highest BCUT2D eigenvalue weighted by Crippen LogP contribution is 2.33. The van der Waals surface area contributed by atoms with Crippen molar-refractivity contribution in [3.63, 3.8) is 0 Å². The molecule has 3 rings (SSSR count). The van der Waals surface area contributed by atoms with Crippen molar-refractivity contribution < 1.29 is 9.90 Å². The molecular weight excluding hydrogens is 294 g/mol. The lowest BCUT2D eigenvalue weighted by Gasteiger charge is -2.04. The zero-order valence-corrected chi connectivity index (χ0v) is 11.2. The smallest absolute Gasteiger partial charge is 0.352 e. The number of halogens is 1. The molecule has 0 bridgehead atoms. The topological polar surface area (TPSA) is 42.2 Å². The maximum atomic E-state index is 11.2. The number of benzene rings is 2. The Labute approximate surface area is 112 Å². The van der Waals surface area contributed by atoms with Gasteiger partial charge in [-0.15, -0.1) is 0 Å². The number of carboxylic acid groups (broad SMARTS) is 1. The summed E-state index contributed by atoms with van der Waals surface area (Å²) < 4.78 is 2.68. The number of hydrogen-bond acceptors (Lipinski definition) is 1. The Hall–Kier alpha value is -1.81. The maximum absolute atomic E-state index is 11.2. The van der Waals surface area contributed by atoms with Crippen LogP contribution in [0.3, 0.4) is 0 Å². The Morgan fingerprint density at radius 2 is 1.83 bits per heavy atom. The summed E-state index contributed by atoms with van der Waals surface area (Å²) in [7, 11) is 1.77. The molecule has 3 nitrogen and oxygen atoms in total. The highest BCUT2D eigenvalue weighted by Gasteiger charge is 2.14. The first kappa shape index (κ1) is 11.3. The van der Waals surface area contributed by atoms with Crippen molar-refractivity contribution >= 4 is 43.6 Å². The van der Waals surface area contributed by atoms with Crippen LogP contribution in [0, 0.1) is 0 Å². The van der Waals surface area contributed by atoms with Crippen LogP contribution in [0.5, 0.6) is 0 Å². The Morgan fingerprint density at radius 1 is 1.17 bits per heavy atom. The minimum Gasteiger partial charge on any atom is -0.477 e. The van der Waals surface area contributed by atoms with Crippen LogP contribution in [0.15, 0.2) is 40.9 Å². The molecule has 0 saturated heterocycles. The third kappa shape index (κ3) is 1.46. The molecule has 0 atom stereocenters. The molecule has 0 fully saturated rings. The summed E-state index contributed by atoms with van der Waals surface area (Å²) in [5, 5.41) is 12.3. The van der Waals surface area contributed by atoms with Gasteiger partial charge in [0.05, 0.1) is 5.52 Å². The maximum Gasteiger partial charge on any atom is 0.352 e. The van der Waals surface area contributed by atoms with Crippen LogP contribution in [0.4, 0.5) is 0 Å². The van der Waals surface area contributed by atoms with Crippen molar-refractivity contribution in [2.45, 2.75) is 0 Å². The molecule has 1 heterocycles. The minimum atomic E-state index is -0.908. The molecule has 18 heavy (non-hydrogen) atoms. The SMILES string of the molecule is Cn1c(C(=O)O)cc2c3ccccc3c(Br)cc21. The van der Waals surface area contributed by atoms with Gasteiger partial charge in [0, 0.05) is 16.9 Å². The van der Waals surface area contributed by atoms with Crippen molar-refractivity contribution in [2.24, 2.45) is 7.05 Å². The van der Waals surface area contributed by atoms with Gasteiger partial charge in [0.1, 0.15) is 5.69 Å². The normalized spacial score (nSPS) is 11.2. The summed E-state index contributed by atoms with van der Waals surface area (Å²) in [5.74, 6) is -0.908. The fraction of sp³-hybridized carbons (Fsp3) is 0.0714. The van der Waals surface area contributed by atoms with E-state index in [1.165, 1.54) is 0 Å². The largest absolute Gasteiger partial charge is 0.477 e. The number of aromatic carboxylic acids is 1. The van der Waals surface area contributed by atoms with Crippen LogP contribution in [-0.4, -0.2) is 15.6 Å².